The summed E-state index contributed by atoms with van der Waals surface area (Å²) in [5, 5.41) is 3.83. The predicted molar refractivity (Wildman–Crippen MR) is 184 cm³/mol. The molecule has 0 aliphatic carbocycles. The number of hydrogen-bond donors (Lipinski definition) is 1. The molecule has 2 heteroatoms. The second-order valence-electron chi connectivity index (χ2n) is 10.7. The molecule has 2 nitrogen and oxygen atoms in total. The molecule has 0 aliphatic heterocycles. The summed E-state index contributed by atoms with van der Waals surface area (Å²) in [5.41, 5.74) is 11.0. The van der Waals surface area contributed by atoms with Crippen LogP contribution in [-0.4, -0.2) is 0 Å². The zero-order valence-corrected chi connectivity index (χ0v) is 24.2. The molecule has 0 fully saturated rings. The molecule has 44 heavy (non-hydrogen) atoms. The van der Waals surface area contributed by atoms with Gasteiger partial charge in [-0.05, 0) is 57.6 Å². The molecule has 210 valence electrons. The van der Waals surface area contributed by atoms with Crippen molar-refractivity contribution in [3.05, 3.63) is 182 Å². The maximum Gasteiger partial charge on any atom is 0.130 e. The van der Waals surface area contributed by atoms with Crippen molar-refractivity contribution in [2.45, 2.75) is 0 Å². The zero-order valence-electron chi connectivity index (χ0n) is 24.2. The van der Waals surface area contributed by atoms with Crippen LogP contribution < -0.4 is 10.1 Å². The minimum absolute atomic E-state index is 0.762. The Hall–Kier alpha value is -5.86. The van der Waals surface area contributed by atoms with Gasteiger partial charge in [0.1, 0.15) is 11.5 Å². The van der Waals surface area contributed by atoms with E-state index in [0.717, 1.165) is 67.4 Å². The van der Waals surface area contributed by atoms with E-state index < -0.39 is 0 Å². The summed E-state index contributed by atoms with van der Waals surface area (Å²) in [6, 6.07) is 63.0. The third-order valence-corrected chi connectivity index (χ3v) is 7.69. The van der Waals surface area contributed by atoms with Gasteiger partial charge in [0.2, 0.25) is 0 Å². The highest BCUT2D eigenvalue weighted by atomic mass is 16.5. The van der Waals surface area contributed by atoms with Gasteiger partial charge in [0, 0.05) is 22.9 Å². The highest BCUT2D eigenvalue weighted by molar-refractivity contribution is 5.93. The van der Waals surface area contributed by atoms with Crippen LogP contribution in [0.3, 0.4) is 0 Å². The van der Waals surface area contributed by atoms with Crippen LogP contribution >= 0.6 is 0 Å². The summed E-state index contributed by atoms with van der Waals surface area (Å²) in [7, 11) is 0. The summed E-state index contributed by atoms with van der Waals surface area (Å²) in [6.07, 6.45) is 0. The van der Waals surface area contributed by atoms with Gasteiger partial charge in [0.15, 0.2) is 0 Å². The lowest BCUT2D eigenvalue weighted by molar-refractivity contribution is 0.483. The van der Waals surface area contributed by atoms with Gasteiger partial charge < -0.3 is 10.1 Å². The third-order valence-electron chi connectivity index (χ3n) is 7.69. The molecule has 0 saturated heterocycles. The van der Waals surface area contributed by atoms with E-state index in [2.05, 4.69) is 163 Å². The maximum atomic E-state index is 6.57. The van der Waals surface area contributed by atoms with Crippen LogP contribution in [-0.2, 0) is 0 Å². The maximum absolute atomic E-state index is 6.57. The fourth-order valence-electron chi connectivity index (χ4n) is 5.58. The molecule has 0 bridgehead atoms. The van der Waals surface area contributed by atoms with Gasteiger partial charge in [-0.25, -0.2) is 0 Å². The first-order valence-electron chi connectivity index (χ1n) is 14.8. The highest BCUT2D eigenvalue weighted by Gasteiger charge is 2.14. The van der Waals surface area contributed by atoms with Gasteiger partial charge in [0.05, 0.1) is 5.69 Å². The molecule has 0 heterocycles. The lowest BCUT2D eigenvalue weighted by atomic mass is 9.95. The van der Waals surface area contributed by atoms with Crippen LogP contribution in [0.1, 0.15) is 0 Å². The summed E-state index contributed by atoms with van der Waals surface area (Å²) < 4.78 is 6.57. The highest BCUT2D eigenvalue weighted by Crippen LogP contribution is 2.41. The van der Waals surface area contributed by atoms with Crippen LogP contribution in [0.15, 0.2) is 182 Å². The number of rotatable bonds is 8. The Labute approximate surface area is 258 Å². The van der Waals surface area contributed by atoms with Gasteiger partial charge in [-0.15, -0.1) is 0 Å². The molecular formula is C42H31NO. The average molecular weight is 566 g/mol. The average Bonchev–Trinajstić information content (AvgIpc) is 3.10. The van der Waals surface area contributed by atoms with Gasteiger partial charge >= 0.3 is 0 Å². The van der Waals surface area contributed by atoms with Crippen molar-refractivity contribution in [3.63, 3.8) is 0 Å². The SMILES string of the molecule is c1ccc(-c2cccc(Oc3cc(Nc4c(-c5ccccc5)cccc4-c4ccccc4)cc(-c4ccccc4)c3)c2)cc1. The van der Waals surface area contributed by atoms with E-state index in [-0.39, 0.29) is 0 Å². The van der Waals surface area contributed by atoms with Gasteiger partial charge in [-0.1, -0.05) is 152 Å². The van der Waals surface area contributed by atoms with E-state index in [9.17, 15) is 0 Å². The molecule has 0 spiro atoms. The Balaban J connectivity index is 1.33. The molecule has 0 aromatic heterocycles. The van der Waals surface area contributed by atoms with Gasteiger partial charge in [-0.2, -0.15) is 0 Å². The van der Waals surface area contributed by atoms with Crippen LogP contribution in [0.25, 0.3) is 44.5 Å². The Morgan fingerprint density at radius 1 is 0.318 bits per heavy atom. The standard InChI is InChI=1S/C42H31NO/c1-5-15-31(16-6-1)35-23-13-24-38(28-35)44-39-29-36(32-17-7-2-8-18-32)27-37(30-39)43-42-40(33-19-9-3-10-20-33)25-14-26-41(42)34-21-11-4-12-22-34/h1-30,43H. The molecule has 7 rings (SSSR count). The van der Waals surface area contributed by atoms with E-state index in [1.54, 1.807) is 0 Å². The Bertz CT molecular complexity index is 1930. The molecule has 7 aromatic carbocycles. The van der Waals surface area contributed by atoms with Crippen molar-refractivity contribution in [1.82, 2.24) is 0 Å². The first-order chi connectivity index (χ1) is 21.8. The normalized spacial score (nSPS) is 10.7. The van der Waals surface area contributed by atoms with Crippen molar-refractivity contribution < 1.29 is 4.74 Å². The van der Waals surface area contributed by atoms with Crippen LogP contribution in [0.2, 0.25) is 0 Å². The molecule has 0 atom stereocenters. The van der Waals surface area contributed by atoms with Crippen molar-refractivity contribution in [1.29, 1.82) is 0 Å². The van der Waals surface area contributed by atoms with Crippen molar-refractivity contribution in [3.8, 4) is 56.0 Å². The zero-order chi connectivity index (χ0) is 29.6. The number of hydrogen-bond acceptors (Lipinski definition) is 2. The summed E-state index contributed by atoms with van der Waals surface area (Å²) in [6.45, 7) is 0. The fraction of sp³-hybridized carbons (Fsp3) is 0. The number of nitrogens with one attached hydrogen (secondary N) is 1. The lowest BCUT2D eigenvalue weighted by Crippen LogP contribution is -1.98. The largest absolute Gasteiger partial charge is 0.457 e. The van der Waals surface area contributed by atoms with E-state index >= 15 is 0 Å². The third kappa shape index (κ3) is 6.01. The fourth-order valence-corrected chi connectivity index (χ4v) is 5.58. The Morgan fingerprint density at radius 3 is 1.34 bits per heavy atom. The Kier molecular flexibility index (Phi) is 7.71. The number of ether oxygens (including phenoxy) is 1. The lowest BCUT2D eigenvalue weighted by Gasteiger charge is -2.19. The predicted octanol–water partition coefficient (Wildman–Crippen LogP) is 11.9. The van der Waals surface area contributed by atoms with Crippen molar-refractivity contribution in [2.75, 3.05) is 5.32 Å². The van der Waals surface area contributed by atoms with E-state index in [0.29, 0.717) is 0 Å². The van der Waals surface area contributed by atoms with Gasteiger partial charge in [0.25, 0.3) is 0 Å². The summed E-state index contributed by atoms with van der Waals surface area (Å²) in [5.74, 6) is 1.55. The van der Waals surface area contributed by atoms with E-state index in [4.69, 9.17) is 4.74 Å². The number of para-hydroxylation sites is 1. The molecule has 0 radical (unpaired) electrons. The quantitative estimate of drug-likeness (QED) is 0.198. The topological polar surface area (TPSA) is 21.3 Å². The minimum Gasteiger partial charge on any atom is -0.457 e. The van der Waals surface area contributed by atoms with Crippen molar-refractivity contribution in [2.24, 2.45) is 0 Å². The van der Waals surface area contributed by atoms with Gasteiger partial charge in [-0.3, -0.25) is 0 Å². The molecule has 7 aromatic rings. The Morgan fingerprint density at radius 2 is 0.773 bits per heavy atom. The van der Waals surface area contributed by atoms with Crippen LogP contribution in [0.5, 0.6) is 11.5 Å². The van der Waals surface area contributed by atoms with Crippen molar-refractivity contribution >= 4 is 11.4 Å². The molecule has 0 unspecified atom stereocenters. The molecule has 0 amide bonds. The molecular weight excluding hydrogens is 534 g/mol. The van der Waals surface area contributed by atoms with E-state index in [1.807, 2.05) is 24.3 Å². The van der Waals surface area contributed by atoms with Crippen LogP contribution in [0.4, 0.5) is 11.4 Å². The number of anilines is 2. The molecule has 0 aliphatic rings. The second kappa shape index (κ2) is 12.6. The summed E-state index contributed by atoms with van der Waals surface area (Å²) >= 11 is 0. The van der Waals surface area contributed by atoms with Crippen LogP contribution in [0, 0.1) is 0 Å². The molecule has 0 saturated carbocycles. The smallest absolute Gasteiger partial charge is 0.130 e. The minimum atomic E-state index is 0.762. The number of benzene rings is 7. The van der Waals surface area contributed by atoms with E-state index in [1.165, 1.54) is 0 Å². The first kappa shape index (κ1) is 27.0. The monoisotopic (exact) mass is 565 g/mol. The second-order valence-corrected chi connectivity index (χ2v) is 10.7. The first-order valence-corrected chi connectivity index (χ1v) is 14.8. The molecule has 1 N–H and O–H groups in total. The summed E-state index contributed by atoms with van der Waals surface area (Å²) in [4.78, 5) is 0.